The van der Waals surface area contributed by atoms with Gasteiger partial charge in [0.05, 0.1) is 0 Å². The number of nitrogens with one attached hydrogen (secondary N) is 1. The molecule has 1 N–H and O–H groups in total. The summed E-state index contributed by atoms with van der Waals surface area (Å²) in [6.45, 7) is 6.04. The van der Waals surface area contributed by atoms with Crippen molar-refractivity contribution in [1.82, 2.24) is 10.2 Å². The van der Waals surface area contributed by atoms with Gasteiger partial charge in [0.1, 0.15) is 11.8 Å². The van der Waals surface area contributed by atoms with E-state index >= 15 is 0 Å². The molecule has 2 atom stereocenters. The molecule has 2 aromatic rings. The fourth-order valence-corrected chi connectivity index (χ4v) is 3.11. The maximum absolute atomic E-state index is 13.1. The van der Waals surface area contributed by atoms with Crippen molar-refractivity contribution in [3.8, 4) is 5.75 Å². The van der Waals surface area contributed by atoms with Crippen LogP contribution in [0, 0.1) is 0 Å². The van der Waals surface area contributed by atoms with Gasteiger partial charge in [-0.1, -0.05) is 61.8 Å². The van der Waals surface area contributed by atoms with E-state index in [-0.39, 0.29) is 24.5 Å². The lowest BCUT2D eigenvalue weighted by atomic mass is 10.1. The van der Waals surface area contributed by atoms with Crippen molar-refractivity contribution in [1.29, 1.82) is 0 Å². The van der Waals surface area contributed by atoms with Gasteiger partial charge in [-0.05, 0) is 43.5 Å². The molecule has 0 radical (unpaired) electrons. The average molecular weight is 417 g/mol. The molecule has 2 amide bonds. The minimum absolute atomic E-state index is 0.0490. The lowest BCUT2D eigenvalue weighted by Gasteiger charge is -2.31. The highest BCUT2D eigenvalue weighted by Crippen LogP contribution is 2.18. The third-order valence-corrected chi connectivity index (χ3v) is 4.98. The van der Waals surface area contributed by atoms with Crippen LogP contribution in [0.4, 0.5) is 0 Å². The van der Waals surface area contributed by atoms with Crippen molar-refractivity contribution >= 4 is 23.4 Å². The molecule has 0 heterocycles. The molecule has 0 fully saturated rings. The predicted octanol–water partition coefficient (Wildman–Crippen LogP) is 4.44. The molecule has 0 aliphatic carbocycles. The molecule has 0 aromatic heterocycles. The SMILES string of the molecule is CC[C@H](C)NC(=O)[C@H](CC)N(Cc1ccccc1)C(=O)COc1cccc(Cl)c1. The molecule has 156 valence electrons. The van der Waals surface area contributed by atoms with Crippen LogP contribution in [0.25, 0.3) is 0 Å². The number of benzene rings is 2. The van der Waals surface area contributed by atoms with Crippen LogP contribution in [0.2, 0.25) is 5.02 Å². The first kappa shape index (κ1) is 22.8. The van der Waals surface area contributed by atoms with Crippen molar-refractivity contribution in [2.24, 2.45) is 0 Å². The lowest BCUT2D eigenvalue weighted by Crippen LogP contribution is -2.51. The molecule has 0 spiro atoms. The zero-order valence-corrected chi connectivity index (χ0v) is 18.0. The van der Waals surface area contributed by atoms with Crippen LogP contribution in [-0.4, -0.2) is 35.4 Å². The first-order valence-electron chi connectivity index (χ1n) is 9.96. The molecule has 2 rings (SSSR count). The molecule has 0 saturated carbocycles. The van der Waals surface area contributed by atoms with Gasteiger partial charge in [0.25, 0.3) is 5.91 Å². The number of nitrogens with zero attached hydrogens (tertiary/aromatic N) is 1. The summed E-state index contributed by atoms with van der Waals surface area (Å²) in [5.41, 5.74) is 0.957. The molecule has 6 heteroatoms. The molecule has 2 aromatic carbocycles. The molecular weight excluding hydrogens is 388 g/mol. The second-order valence-electron chi connectivity index (χ2n) is 7.00. The van der Waals surface area contributed by atoms with Gasteiger partial charge >= 0.3 is 0 Å². The van der Waals surface area contributed by atoms with E-state index in [2.05, 4.69) is 5.32 Å². The smallest absolute Gasteiger partial charge is 0.261 e. The van der Waals surface area contributed by atoms with Crippen LogP contribution in [0.15, 0.2) is 54.6 Å². The van der Waals surface area contributed by atoms with E-state index in [1.165, 1.54) is 0 Å². The number of hydrogen-bond donors (Lipinski definition) is 1. The van der Waals surface area contributed by atoms with Crippen molar-refractivity contribution in [2.45, 2.75) is 52.2 Å². The quantitative estimate of drug-likeness (QED) is 0.622. The molecule has 5 nitrogen and oxygen atoms in total. The summed E-state index contributed by atoms with van der Waals surface area (Å²) in [7, 11) is 0. The van der Waals surface area contributed by atoms with Gasteiger partial charge in [0, 0.05) is 17.6 Å². The topological polar surface area (TPSA) is 58.6 Å². The minimum Gasteiger partial charge on any atom is -0.484 e. The molecule has 0 unspecified atom stereocenters. The summed E-state index contributed by atoms with van der Waals surface area (Å²) in [4.78, 5) is 27.5. The van der Waals surface area contributed by atoms with E-state index in [1.807, 2.05) is 51.1 Å². The number of ether oxygens (including phenoxy) is 1. The third kappa shape index (κ3) is 7.09. The number of hydrogen-bond acceptors (Lipinski definition) is 3. The van der Waals surface area contributed by atoms with Gasteiger partial charge in [-0.25, -0.2) is 0 Å². The molecule has 0 bridgehead atoms. The summed E-state index contributed by atoms with van der Waals surface area (Å²) in [6.07, 6.45) is 1.34. The molecule has 0 aliphatic rings. The summed E-state index contributed by atoms with van der Waals surface area (Å²) in [5, 5.41) is 3.53. The van der Waals surface area contributed by atoms with E-state index in [1.54, 1.807) is 29.2 Å². The molecular formula is C23H29ClN2O3. The maximum atomic E-state index is 13.1. The Morgan fingerprint density at radius 2 is 1.79 bits per heavy atom. The standard InChI is InChI=1S/C23H29ClN2O3/c1-4-17(3)25-23(28)21(5-2)26(15-18-10-7-6-8-11-18)22(27)16-29-20-13-9-12-19(24)14-20/h6-14,17,21H,4-5,15-16H2,1-3H3,(H,25,28)/t17-,21-/m0/s1. The number of carbonyl (C=O) groups is 2. The van der Waals surface area contributed by atoms with Gasteiger partial charge in [-0.2, -0.15) is 0 Å². The van der Waals surface area contributed by atoms with Crippen LogP contribution in [-0.2, 0) is 16.1 Å². The van der Waals surface area contributed by atoms with Crippen LogP contribution in [0.3, 0.4) is 0 Å². The van der Waals surface area contributed by atoms with Gasteiger partial charge in [0.15, 0.2) is 6.61 Å². The normalized spacial score (nSPS) is 12.7. The molecule has 0 aliphatic heterocycles. The first-order chi connectivity index (χ1) is 13.9. The molecule has 0 saturated heterocycles. The zero-order chi connectivity index (χ0) is 21.2. The highest BCUT2D eigenvalue weighted by atomic mass is 35.5. The van der Waals surface area contributed by atoms with Crippen LogP contribution >= 0.6 is 11.6 Å². The Hall–Kier alpha value is -2.53. The van der Waals surface area contributed by atoms with Crippen molar-refractivity contribution in [3.63, 3.8) is 0 Å². The summed E-state index contributed by atoms with van der Waals surface area (Å²) >= 11 is 5.98. The largest absolute Gasteiger partial charge is 0.484 e. The third-order valence-electron chi connectivity index (χ3n) is 4.74. The summed E-state index contributed by atoms with van der Waals surface area (Å²) < 4.78 is 5.64. The van der Waals surface area contributed by atoms with E-state index in [0.29, 0.717) is 23.7 Å². The Balaban J connectivity index is 2.18. The first-order valence-corrected chi connectivity index (χ1v) is 10.3. The molecule has 29 heavy (non-hydrogen) atoms. The predicted molar refractivity (Wildman–Crippen MR) is 116 cm³/mol. The van der Waals surface area contributed by atoms with E-state index in [0.717, 1.165) is 12.0 Å². The fraction of sp³-hybridized carbons (Fsp3) is 0.391. The summed E-state index contributed by atoms with van der Waals surface area (Å²) in [5.74, 6) is 0.122. The monoisotopic (exact) mass is 416 g/mol. The Bertz CT molecular complexity index is 798. The average Bonchev–Trinajstić information content (AvgIpc) is 2.72. The van der Waals surface area contributed by atoms with Crippen LogP contribution < -0.4 is 10.1 Å². The minimum atomic E-state index is -0.570. The lowest BCUT2D eigenvalue weighted by molar-refractivity contribution is -0.143. The van der Waals surface area contributed by atoms with Crippen molar-refractivity contribution in [3.05, 3.63) is 65.2 Å². The summed E-state index contributed by atoms with van der Waals surface area (Å²) in [6, 6.07) is 16.0. The van der Waals surface area contributed by atoms with Crippen LogP contribution in [0.5, 0.6) is 5.75 Å². The Kier molecular flexibility index (Phi) is 9.00. The Morgan fingerprint density at radius 1 is 1.07 bits per heavy atom. The second kappa shape index (κ2) is 11.5. The highest BCUT2D eigenvalue weighted by molar-refractivity contribution is 6.30. The van der Waals surface area contributed by atoms with Gasteiger partial charge in [-0.15, -0.1) is 0 Å². The van der Waals surface area contributed by atoms with Gasteiger partial charge in [-0.3, -0.25) is 9.59 Å². The van der Waals surface area contributed by atoms with E-state index < -0.39 is 6.04 Å². The van der Waals surface area contributed by atoms with Crippen LogP contribution in [0.1, 0.15) is 39.2 Å². The van der Waals surface area contributed by atoms with Crippen molar-refractivity contribution in [2.75, 3.05) is 6.61 Å². The zero-order valence-electron chi connectivity index (χ0n) is 17.2. The number of halogens is 1. The number of amides is 2. The number of rotatable bonds is 10. The Morgan fingerprint density at radius 3 is 2.41 bits per heavy atom. The van der Waals surface area contributed by atoms with Gasteiger partial charge < -0.3 is 15.0 Å². The van der Waals surface area contributed by atoms with E-state index in [9.17, 15) is 9.59 Å². The Labute approximate surface area is 178 Å². The number of carbonyl (C=O) groups excluding carboxylic acids is 2. The second-order valence-corrected chi connectivity index (χ2v) is 7.43. The van der Waals surface area contributed by atoms with Crippen molar-refractivity contribution < 1.29 is 14.3 Å². The van der Waals surface area contributed by atoms with E-state index in [4.69, 9.17) is 16.3 Å². The van der Waals surface area contributed by atoms with Gasteiger partial charge in [0.2, 0.25) is 5.91 Å². The fourth-order valence-electron chi connectivity index (χ4n) is 2.93. The highest BCUT2D eigenvalue weighted by Gasteiger charge is 2.29. The maximum Gasteiger partial charge on any atom is 0.261 e.